The maximum atomic E-state index is 13.3. The van der Waals surface area contributed by atoms with Gasteiger partial charge in [-0.25, -0.2) is 4.39 Å². The fourth-order valence-corrected chi connectivity index (χ4v) is 2.02. The monoisotopic (exact) mass is 219 g/mol. The lowest BCUT2D eigenvalue weighted by Gasteiger charge is -2.18. The average molecular weight is 219 g/mol. The highest BCUT2D eigenvalue weighted by Gasteiger charge is 2.26. The van der Waals surface area contributed by atoms with Crippen molar-refractivity contribution in [2.75, 3.05) is 18.0 Å². The summed E-state index contributed by atoms with van der Waals surface area (Å²) < 4.78 is 13.3. The van der Waals surface area contributed by atoms with Crippen LogP contribution in [0.15, 0.2) is 18.2 Å². The maximum Gasteiger partial charge on any atom is 0.126 e. The summed E-state index contributed by atoms with van der Waals surface area (Å²) in [5.74, 6) is 0.0241. The van der Waals surface area contributed by atoms with Crippen LogP contribution in [0.4, 0.5) is 10.1 Å². The standard InChI is InChI=1S/C12H14FN3/c1-8-6-16(7-12(8)15)11-3-9(5-14)2-10(13)4-11/h2-4,8,12H,6-7,15H2,1H3. The fourth-order valence-electron chi connectivity index (χ4n) is 2.02. The van der Waals surface area contributed by atoms with Gasteiger partial charge in [0, 0.05) is 24.8 Å². The summed E-state index contributed by atoms with van der Waals surface area (Å²) in [6.07, 6.45) is 0. The summed E-state index contributed by atoms with van der Waals surface area (Å²) in [4.78, 5) is 2.03. The molecule has 4 heteroatoms. The van der Waals surface area contributed by atoms with Gasteiger partial charge in [-0.2, -0.15) is 5.26 Å². The number of benzene rings is 1. The van der Waals surface area contributed by atoms with E-state index in [4.69, 9.17) is 11.0 Å². The van der Waals surface area contributed by atoms with E-state index in [0.29, 0.717) is 11.5 Å². The Morgan fingerprint density at radius 1 is 1.44 bits per heavy atom. The molecule has 1 aliphatic rings. The van der Waals surface area contributed by atoms with Crippen LogP contribution in [-0.4, -0.2) is 19.1 Å². The van der Waals surface area contributed by atoms with Crippen molar-refractivity contribution in [1.82, 2.24) is 0 Å². The van der Waals surface area contributed by atoms with E-state index in [2.05, 4.69) is 6.92 Å². The van der Waals surface area contributed by atoms with Gasteiger partial charge in [-0.3, -0.25) is 0 Å². The molecule has 1 aromatic rings. The minimum Gasteiger partial charge on any atom is -0.370 e. The molecule has 1 aromatic carbocycles. The number of nitrogens with two attached hydrogens (primary N) is 1. The largest absolute Gasteiger partial charge is 0.370 e. The predicted octanol–water partition coefficient (Wildman–Crippen LogP) is 1.48. The molecule has 0 aromatic heterocycles. The molecule has 1 fully saturated rings. The van der Waals surface area contributed by atoms with Crippen LogP contribution in [0.25, 0.3) is 0 Å². The molecule has 1 saturated heterocycles. The van der Waals surface area contributed by atoms with Gasteiger partial charge in [-0.1, -0.05) is 6.92 Å². The normalized spacial score (nSPS) is 24.5. The number of nitriles is 1. The zero-order valence-corrected chi connectivity index (χ0v) is 9.15. The molecule has 0 bridgehead atoms. The van der Waals surface area contributed by atoms with E-state index in [1.807, 2.05) is 11.0 Å². The third kappa shape index (κ3) is 2.00. The van der Waals surface area contributed by atoms with Crippen molar-refractivity contribution in [3.8, 4) is 6.07 Å². The van der Waals surface area contributed by atoms with Crippen LogP contribution in [0.5, 0.6) is 0 Å². The number of nitrogens with zero attached hydrogens (tertiary/aromatic N) is 2. The van der Waals surface area contributed by atoms with Gasteiger partial charge in [-0.15, -0.1) is 0 Å². The molecule has 0 radical (unpaired) electrons. The van der Waals surface area contributed by atoms with E-state index >= 15 is 0 Å². The molecule has 1 heterocycles. The molecule has 3 nitrogen and oxygen atoms in total. The van der Waals surface area contributed by atoms with Crippen molar-refractivity contribution >= 4 is 5.69 Å². The minimum absolute atomic E-state index is 0.119. The summed E-state index contributed by atoms with van der Waals surface area (Å²) in [5.41, 5.74) is 7.01. The maximum absolute atomic E-state index is 13.3. The summed E-state index contributed by atoms with van der Waals surface area (Å²) in [5, 5.41) is 8.77. The number of anilines is 1. The fraction of sp³-hybridized carbons (Fsp3) is 0.417. The molecule has 2 atom stereocenters. The van der Waals surface area contributed by atoms with Crippen LogP contribution in [0.3, 0.4) is 0 Å². The van der Waals surface area contributed by atoms with Crippen molar-refractivity contribution in [3.63, 3.8) is 0 Å². The molecule has 0 spiro atoms. The third-order valence-electron chi connectivity index (χ3n) is 3.05. The Morgan fingerprint density at radius 2 is 2.19 bits per heavy atom. The minimum atomic E-state index is -0.373. The molecule has 2 rings (SSSR count). The van der Waals surface area contributed by atoms with Crippen molar-refractivity contribution in [1.29, 1.82) is 5.26 Å². The van der Waals surface area contributed by atoms with Gasteiger partial charge in [0.05, 0.1) is 11.6 Å². The van der Waals surface area contributed by atoms with Gasteiger partial charge >= 0.3 is 0 Å². The zero-order chi connectivity index (χ0) is 11.7. The first-order valence-corrected chi connectivity index (χ1v) is 5.31. The quantitative estimate of drug-likeness (QED) is 0.778. The molecule has 2 unspecified atom stereocenters. The van der Waals surface area contributed by atoms with Gasteiger partial charge in [0.15, 0.2) is 0 Å². The zero-order valence-electron chi connectivity index (χ0n) is 9.15. The first-order chi connectivity index (χ1) is 7.60. The molecule has 0 saturated carbocycles. The lowest BCUT2D eigenvalue weighted by atomic mass is 10.1. The Bertz CT molecular complexity index is 428. The molecule has 84 valence electrons. The first kappa shape index (κ1) is 10.9. The molecular formula is C12H14FN3. The second-order valence-electron chi connectivity index (χ2n) is 4.36. The summed E-state index contributed by atoms with van der Waals surface area (Å²) in [6, 6.07) is 6.47. The number of hydrogen-bond acceptors (Lipinski definition) is 3. The van der Waals surface area contributed by atoms with E-state index in [-0.39, 0.29) is 11.9 Å². The Kier molecular flexibility index (Phi) is 2.80. The van der Waals surface area contributed by atoms with E-state index in [0.717, 1.165) is 18.8 Å². The van der Waals surface area contributed by atoms with Crippen molar-refractivity contribution in [2.24, 2.45) is 11.7 Å². The summed E-state index contributed by atoms with van der Waals surface area (Å²) in [7, 11) is 0. The Hall–Kier alpha value is -1.60. The van der Waals surface area contributed by atoms with E-state index in [1.165, 1.54) is 12.1 Å². The third-order valence-corrected chi connectivity index (χ3v) is 3.05. The van der Waals surface area contributed by atoms with E-state index in [9.17, 15) is 4.39 Å². The van der Waals surface area contributed by atoms with Crippen LogP contribution < -0.4 is 10.6 Å². The van der Waals surface area contributed by atoms with Gasteiger partial charge < -0.3 is 10.6 Å². The Morgan fingerprint density at radius 3 is 2.75 bits per heavy atom. The molecular weight excluding hydrogens is 205 g/mol. The van der Waals surface area contributed by atoms with Crippen LogP contribution in [0.1, 0.15) is 12.5 Å². The summed E-state index contributed by atoms with van der Waals surface area (Å²) >= 11 is 0. The van der Waals surface area contributed by atoms with Gasteiger partial charge in [0.1, 0.15) is 5.82 Å². The van der Waals surface area contributed by atoms with Crippen molar-refractivity contribution in [2.45, 2.75) is 13.0 Å². The lowest BCUT2D eigenvalue weighted by molar-refractivity contribution is 0.566. The Balaban J connectivity index is 2.28. The number of hydrogen-bond donors (Lipinski definition) is 1. The second kappa shape index (κ2) is 4.11. The van der Waals surface area contributed by atoms with Crippen LogP contribution in [-0.2, 0) is 0 Å². The number of halogens is 1. The molecule has 0 amide bonds. The first-order valence-electron chi connectivity index (χ1n) is 5.31. The second-order valence-corrected chi connectivity index (χ2v) is 4.36. The van der Waals surface area contributed by atoms with Crippen LogP contribution in [0, 0.1) is 23.1 Å². The topological polar surface area (TPSA) is 53.0 Å². The molecule has 0 aliphatic carbocycles. The van der Waals surface area contributed by atoms with E-state index < -0.39 is 0 Å². The highest BCUT2D eigenvalue weighted by atomic mass is 19.1. The Labute approximate surface area is 94.3 Å². The highest BCUT2D eigenvalue weighted by molar-refractivity contribution is 5.53. The van der Waals surface area contributed by atoms with Crippen LogP contribution in [0.2, 0.25) is 0 Å². The lowest BCUT2D eigenvalue weighted by Crippen LogP contribution is -2.28. The van der Waals surface area contributed by atoms with Crippen LogP contribution >= 0.6 is 0 Å². The molecule has 16 heavy (non-hydrogen) atoms. The van der Waals surface area contributed by atoms with Gasteiger partial charge in [0.2, 0.25) is 0 Å². The predicted molar refractivity (Wildman–Crippen MR) is 60.5 cm³/mol. The van der Waals surface area contributed by atoms with E-state index in [1.54, 1.807) is 6.07 Å². The highest BCUT2D eigenvalue weighted by Crippen LogP contribution is 2.24. The van der Waals surface area contributed by atoms with Crippen molar-refractivity contribution < 1.29 is 4.39 Å². The molecule has 2 N–H and O–H groups in total. The number of rotatable bonds is 1. The summed E-state index contributed by atoms with van der Waals surface area (Å²) in [6.45, 7) is 3.61. The SMILES string of the molecule is CC1CN(c2cc(F)cc(C#N)c2)CC1N. The van der Waals surface area contributed by atoms with Crippen molar-refractivity contribution in [3.05, 3.63) is 29.6 Å². The van der Waals surface area contributed by atoms with Gasteiger partial charge in [0.25, 0.3) is 0 Å². The van der Waals surface area contributed by atoms with Gasteiger partial charge in [-0.05, 0) is 24.1 Å². The smallest absolute Gasteiger partial charge is 0.126 e. The average Bonchev–Trinajstić information content (AvgIpc) is 2.58. The molecule has 1 aliphatic heterocycles.